The van der Waals surface area contributed by atoms with E-state index in [0.717, 1.165) is 5.56 Å². The van der Waals surface area contributed by atoms with Crippen molar-refractivity contribution in [1.82, 2.24) is 10.2 Å². The van der Waals surface area contributed by atoms with E-state index in [2.05, 4.69) is 5.32 Å². The lowest BCUT2D eigenvalue weighted by Crippen LogP contribution is -2.49. The van der Waals surface area contributed by atoms with E-state index >= 15 is 0 Å². The first-order valence-electron chi connectivity index (χ1n) is 8.99. The van der Waals surface area contributed by atoms with Crippen LogP contribution in [-0.2, 0) is 11.3 Å². The fourth-order valence-corrected chi connectivity index (χ4v) is 3.52. The van der Waals surface area contributed by atoms with Crippen LogP contribution < -0.4 is 16.0 Å². The minimum absolute atomic E-state index is 0.0338. The summed E-state index contributed by atoms with van der Waals surface area (Å²) < 4.78 is 0. The summed E-state index contributed by atoms with van der Waals surface area (Å²) in [6.45, 7) is 2.02. The van der Waals surface area contributed by atoms with Crippen molar-refractivity contribution in [2.75, 3.05) is 18.0 Å². The van der Waals surface area contributed by atoms with Gasteiger partial charge in [-0.15, -0.1) is 0 Å². The van der Waals surface area contributed by atoms with Gasteiger partial charge in [-0.1, -0.05) is 29.8 Å². The zero-order chi connectivity index (χ0) is 21.1. The molecule has 0 saturated carbocycles. The predicted molar refractivity (Wildman–Crippen MR) is 109 cm³/mol. The molecule has 0 aromatic heterocycles. The maximum atomic E-state index is 13.3. The van der Waals surface area contributed by atoms with E-state index in [4.69, 9.17) is 17.3 Å². The normalized spacial score (nSPS) is 16.0. The second-order valence-electron chi connectivity index (χ2n) is 6.81. The highest BCUT2D eigenvalue weighted by molar-refractivity contribution is 6.34. The van der Waals surface area contributed by atoms with Gasteiger partial charge in [0.1, 0.15) is 5.75 Å². The van der Waals surface area contributed by atoms with Gasteiger partial charge in [-0.2, -0.15) is 0 Å². The Balaban J connectivity index is 1.95. The summed E-state index contributed by atoms with van der Waals surface area (Å²) in [5, 5.41) is 12.2. The van der Waals surface area contributed by atoms with Crippen molar-refractivity contribution in [2.45, 2.75) is 19.5 Å². The molecular weight excluding hydrogens is 396 g/mol. The van der Waals surface area contributed by atoms with Crippen LogP contribution >= 0.6 is 11.6 Å². The first-order chi connectivity index (χ1) is 13.8. The number of halogens is 1. The number of urea groups is 1. The number of amides is 4. The maximum Gasteiger partial charge on any atom is 0.318 e. The summed E-state index contributed by atoms with van der Waals surface area (Å²) in [6, 6.07) is 10.7. The fraction of sp³-hybridized carbons (Fsp3) is 0.250. The van der Waals surface area contributed by atoms with E-state index < -0.39 is 11.9 Å². The van der Waals surface area contributed by atoms with Crippen molar-refractivity contribution in [3.8, 4) is 5.75 Å². The third-order valence-corrected chi connectivity index (χ3v) is 5.02. The molecule has 8 nitrogen and oxygen atoms in total. The second-order valence-corrected chi connectivity index (χ2v) is 7.22. The topological polar surface area (TPSA) is 116 Å². The molecule has 0 unspecified atom stereocenters. The largest absolute Gasteiger partial charge is 0.508 e. The SMILES string of the molecule is C[C@@H]1CN(C(=O)c2ccc(O)cc2Cl)c2ccccc2CN1C(=O)NCC(N)=O. The second kappa shape index (κ2) is 8.40. The molecule has 0 bridgehead atoms. The fourth-order valence-electron chi connectivity index (χ4n) is 3.26. The minimum atomic E-state index is -0.639. The number of nitrogens with two attached hydrogens (primary N) is 1. The summed E-state index contributed by atoms with van der Waals surface area (Å²) in [4.78, 5) is 39.9. The van der Waals surface area contributed by atoms with Crippen LogP contribution in [0.3, 0.4) is 0 Å². The minimum Gasteiger partial charge on any atom is -0.508 e. The highest BCUT2D eigenvalue weighted by Crippen LogP contribution is 2.31. The van der Waals surface area contributed by atoms with Gasteiger partial charge in [0, 0.05) is 24.8 Å². The molecule has 0 radical (unpaired) electrons. The number of nitrogens with one attached hydrogen (secondary N) is 1. The Hall–Kier alpha value is -3.26. The molecule has 29 heavy (non-hydrogen) atoms. The quantitative estimate of drug-likeness (QED) is 0.710. The first kappa shape index (κ1) is 20.5. The van der Waals surface area contributed by atoms with Crippen molar-refractivity contribution < 1.29 is 19.5 Å². The zero-order valence-electron chi connectivity index (χ0n) is 15.8. The average molecular weight is 417 g/mol. The molecule has 0 spiro atoms. The first-order valence-corrected chi connectivity index (χ1v) is 9.36. The van der Waals surface area contributed by atoms with Gasteiger partial charge in [0.2, 0.25) is 5.91 Å². The van der Waals surface area contributed by atoms with E-state index in [1.807, 2.05) is 25.1 Å². The highest BCUT2D eigenvalue weighted by atomic mass is 35.5. The van der Waals surface area contributed by atoms with Crippen molar-refractivity contribution in [3.05, 3.63) is 58.6 Å². The lowest BCUT2D eigenvalue weighted by atomic mass is 10.1. The lowest BCUT2D eigenvalue weighted by Gasteiger charge is -2.29. The van der Waals surface area contributed by atoms with Crippen LogP contribution in [0.2, 0.25) is 5.02 Å². The van der Waals surface area contributed by atoms with Gasteiger partial charge >= 0.3 is 6.03 Å². The van der Waals surface area contributed by atoms with E-state index in [1.54, 1.807) is 15.9 Å². The molecule has 2 aromatic rings. The molecule has 9 heteroatoms. The molecule has 1 atom stereocenters. The Bertz CT molecular complexity index is 965. The number of fused-ring (bicyclic) bond motifs is 1. The molecule has 0 fully saturated rings. The van der Waals surface area contributed by atoms with Crippen molar-refractivity contribution >= 4 is 35.1 Å². The Morgan fingerprint density at radius 1 is 1.24 bits per heavy atom. The van der Waals surface area contributed by atoms with Crippen LogP contribution in [-0.4, -0.2) is 47.0 Å². The van der Waals surface area contributed by atoms with E-state index in [9.17, 15) is 19.5 Å². The number of carbonyl (C=O) groups is 3. The molecule has 2 aromatic carbocycles. The van der Waals surface area contributed by atoms with Crippen LogP contribution in [0.4, 0.5) is 10.5 Å². The molecular formula is C20H21ClN4O4. The molecule has 4 N–H and O–H groups in total. The van der Waals surface area contributed by atoms with E-state index in [-0.39, 0.29) is 47.9 Å². The molecule has 1 aliphatic rings. The van der Waals surface area contributed by atoms with Gasteiger partial charge in [-0.3, -0.25) is 9.59 Å². The van der Waals surface area contributed by atoms with E-state index in [0.29, 0.717) is 5.69 Å². The molecule has 0 saturated heterocycles. The lowest BCUT2D eigenvalue weighted by molar-refractivity contribution is -0.117. The third kappa shape index (κ3) is 4.43. The number of benzene rings is 2. The third-order valence-electron chi connectivity index (χ3n) is 4.70. The number of primary amides is 1. The monoisotopic (exact) mass is 416 g/mol. The standard InChI is InChI=1S/C20H21ClN4O4/c1-12-10-25(19(28)15-7-6-14(26)8-16(15)21)17-5-3-2-4-13(17)11-24(12)20(29)23-9-18(22)27/h2-8,12,26H,9-11H2,1H3,(H2,22,27)(H,23,29)/t12-/m1/s1. The summed E-state index contributed by atoms with van der Waals surface area (Å²) in [5.74, 6) is -1.01. The molecule has 3 rings (SSSR count). The number of phenolic OH excluding ortho intramolecular Hbond substituents is 1. The predicted octanol–water partition coefficient (Wildman–Crippen LogP) is 2.09. The van der Waals surface area contributed by atoms with Crippen LogP contribution in [0.25, 0.3) is 0 Å². The number of hydrogen-bond donors (Lipinski definition) is 3. The molecule has 4 amide bonds. The smallest absolute Gasteiger partial charge is 0.318 e. The van der Waals surface area contributed by atoms with Crippen LogP contribution in [0, 0.1) is 0 Å². The Kier molecular flexibility index (Phi) is 5.93. The molecule has 0 aliphatic carbocycles. The number of anilines is 1. The molecule has 1 heterocycles. The molecule has 152 valence electrons. The van der Waals surface area contributed by atoms with Crippen molar-refractivity contribution in [3.63, 3.8) is 0 Å². The number of rotatable bonds is 3. The van der Waals surface area contributed by atoms with Crippen molar-refractivity contribution in [2.24, 2.45) is 5.73 Å². The summed E-state index contributed by atoms with van der Waals surface area (Å²) >= 11 is 6.17. The Morgan fingerprint density at radius 3 is 2.66 bits per heavy atom. The van der Waals surface area contributed by atoms with Gasteiger partial charge in [-0.25, -0.2) is 4.79 Å². The summed E-state index contributed by atoms with van der Waals surface area (Å²) in [6.07, 6.45) is 0. The van der Waals surface area contributed by atoms with Gasteiger partial charge < -0.3 is 26.0 Å². The van der Waals surface area contributed by atoms with E-state index in [1.165, 1.54) is 18.2 Å². The van der Waals surface area contributed by atoms with Crippen LogP contribution in [0.5, 0.6) is 5.75 Å². The number of aromatic hydroxyl groups is 1. The number of hydrogen-bond acceptors (Lipinski definition) is 4. The summed E-state index contributed by atoms with van der Waals surface area (Å²) in [5.41, 5.74) is 6.79. The number of nitrogens with zero attached hydrogens (tertiary/aromatic N) is 2. The summed E-state index contributed by atoms with van der Waals surface area (Å²) in [7, 11) is 0. The van der Waals surface area contributed by atoms with Gasteiger partial charge in [0.05, 0.1) is 17.1 Å². The Labute approximate surface area is 172 Å². The highest BCUT2D eigenvalue weighted by Gasteiger charge is 2.32. The zero-order valence-corrected chi connectivity index (χ0v) is 16.5. The van der Waals surface area contributed by atoms with Crippen LogP contribution in [0.15, 0.2) is 42.5 Å². The van der Waals surface area contributed by atoms with Gasteiger partial charge in [0.25, 0.3) is 5.91 Å². The number of para-hydroxylation sites is 1. The number of carbonyl (C=O) groups excluding carboxylic acids is 3. The van der Waals surface area contributed by atoms with Gasteiger partial charge in [-0.05, 0) is 36.8 Å². The Morgan fingerprint density at radius 2 is 1.97 bits per heavy atom. The average Bonchev–Trinajstić information content (AvgIpc) is 2.82. The molecule has 1 aliphatic heterocycles. The van der Waals surface area contributed by atoms with Gasteiger partial charge in [0.15, 0.2) is 0 Å². The van der Waals surface area contributed by atoms with Crippen molar-refractivity contribution in [1.29, 1.82) is 0 Å². The van der Waals surface area contributed by atoms with Crippen LogP contribution in [0.1, 0.15) is 22.8 Å². The number of phenols is 1. The maximum absolute atomic E-state index is 13.3.